The minimum Gasteiger partial charge on any atom is -0.466 e. The standard InChI is InChI=1S/C50H92N8O8/c1-5-7-9-11-13-15-17-19-21-29-48(62)65-39-27-24-36-52-45(59)32-31-44(50(64)53-37-25-28-40-66-49(63)30-22-20-18-16-14-12-10-8-6-2)54-47(61)34-33-46(60)51-35-23-26-38-58-42-43(55-56-58)41-57(3)4/h42,44H,5-41H2,1-4H3,(H,51,60)(H,52,59)(H,53,64)(H,54,61). The van der Waals surface area contributed by atoms with Crippen molar-refractivity contribution in [2.24, 2.45) is 0 Å². The number of carbonyl (C=O) groups is 6. The summed E-state index contributed by atoms with van der Waals surface area (Å²) in [5.41, 5.74) is 0.894. The summed E-state index contributed by atoms with van der Waals surface area (Å²) in [6, 6.07) is -0.972. The molecular weight excluding hydrogens is 841 g/mol. The first kappa shape index (κ1) is 59.9. The maximum Gasteiger partial charge on any atom is 0.305 e. The number of aryl methyl sites for hydroxylation is 1. The Bertz CT molecular complexity index is 1420. The van der Waals surface area contributed by atoms with Crippen LogP contribution in [-0.4, -0.2) is 108 Å². The van der Waals surface area contributed by atoms with E-state index in [1.165, 1.54) is 77.0 Å². The van der Waals surface area contributed by atoms with Crippen LogP contribution in [0.25, 0.3) is 0 Å². The summed E-state index contributed by atoms with van der Waals surface area (Å²) in [6.45, 7) is 7.59. The minimum absolute atomic E-state index is 0.00699. The van der Waals surface area contributed by atoms with E-state index >= 15 is 0 Å². The first-order valence-corrected chi connectivity index (χ1v) is 26.0. The number of carbonyl (C=O) groups excluding carboxylic acids is 6. The molecule has 4 N–H and O–H groups in total. The molecule has 0 bridgehead atoms. The number of hydrogen-bond donors (Lipinski definition) is 4. The van der Waals surface area contributed by atoms with Crippen LogP contribution in [0.1, 0.15) is 212 Å². The summed E-state index contributed by atoms with van der Waals surface area (Å²) in [5, 5.41) is 19.6. The van der Waals surface area contributed by atoms with Crippen LogP contribution < -0.4 is 21.3 Å². The van der Waals surface area contributed by atoms with Crippen molar-refractivity contribution in [3.8, 4) is 0 Å². The maximum atomic E-state index is 13.3. The minimum atomic E-state index is -0.972. The quantitative estimate of drug-likeness (QED) is 0.0365. The predicted molar refractivity (Wildman–Crippen MR) is 260 cm³/mol. The molecule has 0 saturated carbocycles. The number of unbranched alkanes of at least 4 members (excludes halogenated alkanes) is 19. The van der Waals surface area contributed by atoms with Gasteiger partial charge in [0, 0.05) is 71.0 Å². The van der Waals surface area contributed by atoms with E-state index in [2.05, 4.69) is 45.4 Å². The van der Waals surface area contributed by atoms with Gasteiger partial charge < -0.3 is 35.6 Å². The van der Waals surface area contributed by atoms with Gasteiger partial charge in [-0.25, -0.2) is 0 Å². The average Bonchev–Trinajstić information content (AvgIpc) is 3.74. The smallest absolute Gasteiger partial charge is 0.305 e. The molecule has 0 radical (unpaired) electrons. The zero-order valence-electron chi connectivity index (χ0n) is 41.9. The van der Waals surface area contributed by atoms with Crippen LogP contribution in [0, 0.1) is 0 Å². The number of ether oxygens (including phenoxy) is 2. The predicted octanol–water partition coefficient (Wildman–Crippen LogP) is 8.00. The fourth-order valence-corrected chi connectivity index (χ4v) is 7.38. The Morgan fingerprint density at radius 1 is 0.545 bits per heavy atom. The number of nitrogens with one attached hydrogen (secondary N) is 4. The Labute approximate surface area is 398 Å². The van der Waals surface area contributed by atoms with Crippen LogP contribution in [0.2, 0.25) is 0 Å². The Morgan fingerprint density at radius 3 is 1.52 bits per heavy atom. The molecule has 16 nitrogen and oxygen atoms in total. The summed E-state index contributed by atoms with van der Waals surface area (Å²) in [6.07, 6.45) is 28.0. The highest BCUT2D eigenvalue weighted by Crippen LogP contribution is 2.12. The normalized spacial score (nSPS) is 11.6. The van der Waals surface area contributed by atoms with Gasteiger partial charge in [-0.05, 0) is 71.9 Å². The van der Waals surface area contributed by atoms with Gasteiger partial charge in [-0.1, -0.05) is 122 Å². The van der Waals surface area contributed by atoms with Crippen molar-refractivity contribution in [2.75, 3.05) is 46.9 Å². The molecule has 0 aromatic carbocycles. The summed E-state index contributed by atoms with van der Waals surface area (Å²) >= 11 is 0. The highest BCUT2D eigenvalue weighted by atomic mass is 16.5. The van der Waals surface area contributed by atoms with E-state index in [4.69, 9.17) is 9.47 Å². The molecule has 0 saturated heterocycles. The van der Waals surface area contributed by atoms with Gasteiger partial charge in [0.15, 0.2) is 0 Å². The molecule has 0 aliphatic carbocycles. The SMILES string of the molecule is CCCCCCCCCCCC(=O)OCCCCNC(=O)CCC(NC(=O)CCC(=O)NCCCCn1cc(CN(C)C)nn1)C(=O)NCCCCOC(=O)CCCCCCCCCCC. The second kappa shape index (κ2) is 42.3. The van der Waals surface area contributed by atoms with E-state index < -0.39 is 17.9 Å². The summed E-state index contributed by atoms with van der Waals surface area (Å²) < 4.78 is 12.5. The average molecular weight is 933 g/mol. The van der Waals surface area contributed by atoms with Crippen molar-refractivity contribution in [3.63, 3.8) is 0 Å². The molecule has 1 aromatic heterocycles. The second-order valence-corrected chi connectivity index (χ2v) is 18.1. The lowest BCUT2D eigenvalue weighted by molar-refractivity contribution is -0.144. The van der Waals surface area contributed by atoms with E-state index in [1.54, 1.807) is 4.68 Å². The third kappa shape index (κ3) is 37.1. The zero-order chi connectivity index (χ0) is 48.3. The summed E-state index contributed by atoms with van der Waals surface area (Å²) in [7, 11) is 3.94. The van der Waals surface area contributed by atoms with Gasteiger partial charge in [-0.15, -0.1) is 5.10 Å². The van der Waals surface area contributed by atoms with Crippen molar-refractivity contribution in [2.45, 2.75) is 226 Å². The number of hydrogen-bond acceptors (Lipinski definition) is 11. The highest BCUT2D eigenvalue weighted by Gasteiger charge is 2.22. The van der Waals surface area contributed by atoms with E-state index in [1.807, 2.05) is 25.2 Å². The highest BCUT2D eigenvalue weighted by molar-refractivity contribution is 5.89. The number of nitrogens with zero attached hydrogens (tertiary/aromatic N) is 4. The van der Waals surface area contributed by atoms with Crippen molar-refractivity contribution in [1.82, 2.24) is 41.2 Å². The van der Waals surface area contributed by atoms with Crippen LogP contribution in [0.4, 0.5) is 0 Å². The van der Waals surface area contributed by atoms with Gasteiger partial charge in [-0.2, -0.15) is 0 Å². The largest absolute Gasteiger partial charge is 0.466 e. The molecule has 66 heavy (non-hydrogen) atoms. The molecule has 0 spiro atoms. The van der Waals surface area contributed by atoms with Crippen LogP contribution >= 0.6 is 0 Å². The molecule has 0 aliphatic heterocycles. The molecule has 0 aliphatic rings. The van der Waals surface area contributed by atoms with Gasteiger partial charge in [0.25, 0.3) is 0 Å². The maximum absolute atomic E-state index is 13.3. The summed E-state index contributed by atoms with van der Waals surface area (Å²) in [5.74, 6) is -1.78. The molecule has 16 heteroatoms. The topological polar surface area (TPSA) is 203 Å². The lowest BCUT2D eigenvalue weighted by Crippen LogP contribution is -2.47. The van der Waals surface area contributed by atoms with Gasteiger partial charge in [-0.3, -0.25) is 33.4 Å². The van der Waals surface area contributed by atoms with Crippen LogP contribution in [-0.2, 0) is 51.3 Å². The van der Waals surface area contributed by atoms with E-state index in [0.29, 0.717) is 77.9 Å². The Kier molecular flexibility index (Phi) is 38.4. The molecule has 1 aromatic rings. The molecule has 1 atom stereocenters. The lowest BCUT2D eigenvalue weighted by atomic mass is 10.1. The molecule has 0 fully saturated rings. The number of amides is 4. The van der Waals surface area contributed by atoms with Crippen molar-refractivity contribution in [1.29, 1.82) is 0 Å². The molecule has 4 amide bonds. The molecule has 1 heterocycles. The van der Waals surface area contributed by atoms with Crippen molar-refractivity contribution in [3.05, 3.63) is 11.9 Å². The zero-order valence-corrected chi connectivity index (χ0v) is 41.9. The van der Waals surface area contributed by atoms with E-state index in [9.17, 15) is 28.8 Å². The molecular formula is C50H92N8O8. The monoisotopic (exact) mass is 933 g/mol. The molecule has 1 rings (SSSR count). The molecule has 380 valence electrons. The Morgan fingerprint density at radius 2 is 1.00 bits per heavy atom. The van der Waals surface area contributed by atoms with Crippen LogP contribution in [0.5, 0.6) is 0 Å². The number of esters is 2. The Hall–Kier alpha value is -4.08. The fraction of sp³-hybridized carbons (Fsp3) is 0.840. The van der Waals surface area contributed by atoms with E-state index in [-0.39, 0.29) is 56.0 Å². The third-order valence-electron chi connectivity index (χ3n) is 11.4. The van der Waals surface area contributed by atoms with E-state index in [0.717, 1.165) is 57.1 Å². The lowest BCUT2D eigenvalue weighted by Gasteiger charge is -2.18. The molecule has 1 unspecified atom stereocenters. The first-order valence-electron chi connectivity index (χ1n) is 26.0. The van der Waals surface area contributed by atoms with Crippen LogP contribution in [0.15, 0.2) is 6.20 Å². The van der Waals surface area contributed by atoms with Gasteiger partial charge in [0.2, 0.25) is 23.6 Å². The number of aromatic nitrogens is 3. The van der Waals surface area contributed by atoms with Crippen LogP contribution in [0.3, 0.4) is 0 Å². The summed E-state index contributed by atoms with van der Waals surface area (Å²) in [4.78, 5) is 77.7. The van der Waals surface area contributed by atoms with Crippen molar-refractivity contribution >= 4 is 35.6 Å². The Balaban J connectivity index is 2.41. The van der Waals surface area contributed by atoms with Gasteiger partial charge in [0.05, 0.1) is 18.9 Å². The van der Waals surface area contributed by atoms with Gasteiger partial charge in [0.1, 0.15) is 6.04 Å². The van der Waals surface area contributed by atoms with Gasteiger partial charge >= 0.3 is 11.9 Å². The van der Waals surface area contributed by atoms with Crippen molar-refractivity contribution < 1.29 is 38.2 Å². The fourth-order valence-electron chi connectivity index (χ4n) is 7.38. The third-order valence-corrected chi connectivity index (χ3v) is 11.4. The first-order chi connectivity index (χ1) is 32.0. The second-order valence-electron chi connectivity index (χ2n) is 18.1. The number of rotatable bonds is 45.